The molecule has 0 radical (unpaired) electrons. The summed E-state index contributed by atoms with van der Waals surface area (Å²) in [7, 11) is 0. The Morgan fingerprint density at radius 2 is 1.65 bits per heavy atom. The average molecular weight is 290 g/mol. The zero-order valence-electron chi connectivity index (χ0n) is 10.1. The monoisotopic (exact) mass is 289 g/mol. The van der Waals surface area contributed by atoms with E-state index in [9.17, 15) is 0 Å². The van der Waals surface area contributed by atoms with E-state index in [1.54, 1.807) is 0 Å². The SMILES string of the molecule is Cc1ccc(C(C)Nc2ccccc2Br)cc1. The number of hydrogen-bond acceptors (Lipinski definition) is 1. The molecule has 0 heterocycles. The van der Waals surface area contributed by atoms with Gasteiger partial charge in [-0.15, -0.1) is 0 Å². The van der Waals surface area contributed by atoms with Gasteiger partial charge in [0.2, 0.25) is 0 Å². The van der Waals surface area contributed by atoms with Crippen molar-refractivity contribution in [3.05, 3.63) is 64.1 Å². The summed E-state index contributed by atoms with van der Waals surface area (Å²) >= 11 is 3.55. The minimum atomic E-state index is 0.300. The second kappa shape index (κ2) is 5.37. The van der Waals surface area contributed by atoms with Gasteiger partial charge in [-0.25, -0.2) is 0 Å². The first-order chi connectivity index (χ1) is 8.16. The molecule has 1 nitrogen and oxygen atoms in total. The van der Waals surface area contributed by atoms with Gasteiger partial charge in [0.25, 0.3) is 0 Å². The van der Waals surface area contributed by atoms with Crippen molar-refractivity contribution in [1.82, 2.24) is 0 Å². The van der Waals surface area contributed by atoms with Crippen LogP contribution in [0.2, 0.25) is 0 Å². The highest BCUT2D eigenvalue weighted by molar-refractivity contribution is 9.10. The average Bonchev–Trinajstić information content (AvgIpc) is 2.33. The van der Waals surface area contributed by atoms with E-state index >= 15 is 0 Å². The summed E-state index contributed by atoms with van der Waals surface area (Å²) in [5, 5.41) is 3.50. The van der Waals surface area contributed by atoms with E-state index in [0.717, 1.165) is 10.2 Å². The first-order valence-corrected chi connectivity index (χ1v) is 6.54. The van der Waals surface area contributed by atoms with Gasteiger partial charge in [0.1, 0.15) is 0 Å². The normalized spacial score (nSPS) is 12.2. The van der Waals surface area contributed by atoms with Crippen LogP contribution in [0.4, 0.5) is 5.69 Å². The molecule has 2 heteroatoms. The van der Waals surface area contributed by atoms with Gasteiger partial charge in [0, 0.05) is 16.2 Å². The zero-order valence-corrected chi connectivity index (χ0v) is 11.7. The third-order valence-electron chi connectivity index (χ3n) is 2.82. The lowest BCUT2D eigenvalue weighted by atomic mass is 10.1. The van der Waals surface area contributed by atoms with E-state index in [1.165, 1.54) is 11.1 Å². The summed E-state index contributed by atoms with van der Waals surface area (Å²) < 4.78 is 1.10. The van der Waals surface area contributed by atoms with Gasteiger partial charge in [-0.3, -0.25) is 0 Å². The van der Waals surface area contributed by atoms with Crippen molar-refractivity contribution >= 4 is 21.6 Å². The van der Waals surface area contributed by atoms with E-state index in [0.29, 0.717) is 6.04 Å². The standard InChI is InChI=1S/C15H16BrN/c1-11-7-9-13(10-8-11)12(2)17-15-6-4-3-5-14(15)16/h3-10,12,17H,1-2H3. The fraction of sp³-hybridized carbons (Fsp3) is 0.200. The highest BCUT2D eigenvalue weighted by Gasteiger charge is 2.06. The molecule has 0 saturated carbocycles. The Balaban J connectivity index is 2.14. The molecule has 0 aliphatic carbocycles. The number of para-hydroxylation sites is 1. The lowest BCUT2D eigenvalue weighted by Gasteiger charge is -2.17. The smallest absolute Gasteiger partial charge is 0.0489 e. The maximum absolute atomic E-state index is 3.55. The molecule has 0 bridgehead atoms. The van der Waals surface area contributed by atoms with Crippen LogP contribution in [0.15, 0.2) is 53.0 Å². The molecule has 0 spiro atoms. The number of halogens is 1. The maximum atomic E-state index is 3.55. The summed E-state index contributed by atoms with van der Waals surface area (Å²) in [5.74, 6) is 0. The number of nitrogens with one attached hydrogen (secondary N) is 1. The quantitative estimate of drug-likeness (QED) is 0.845. The Kier molecular flexibility index (Phi) is 3.85. The molecule has 0 saturated heterocycles. The second-order valence-electron chi connectivity index (χ2n) is 4.26. The molecular weight excluding hydrogens is 274 g/mol. The van der Waals surface area contributed by atoms with Crippen LogP contribution >= 0.6 is 15.9 Å². The van der Waals surface area contributed by atoms with E-state index in [-0.39, 0.29) is 0 Å². The fourth-order valence-electron chi connectivity index (χ4n) is 1.75. The van der Waals surface area contributed by atoms with Crippen LogP contribution in [0, 0.1) is 6.92 Å². The van der Waals surface area contributed by atoms with Gasteiger partial charge < -0.3 is 5.32 Å². The first-order valence-electron chi connectivity index (χ1n) is 5.74. The molecular formula is C15H16BrN. The van der Waals surface area contributed by atoms with Gasteiger partial charge >= 0.3 is 0 Å². The number of hydrogen-bond donors (Lipinski definition) is 1. The van der Waals surface area contributed by atoms with Gasteiger partial charge in [0.15, 0.2) is 0 Å². The third-order valence-corrected chi connectivity index (χ3v) is 3.51. The number of aryl methyl sites for hydroxylation is 1. The Labute approximate surface area is 111 Å². The molecule has 2 aromatic carbocycles. The molecule has 1 N–H and O–H groups in total. The molecule has 1 unspecified atom stereocenters. The Bertz CT molecular complexity index is 491. The van der Waals surface area contributed by atoms with Crippen LogP contribution in [0.1, 0.15) is 24.1 Å². The predicted molar refractivity (Wildman–Crippen MR) is 77.4 cm³/mol. The molecule has 0 aliphatic heterocycles. The van der Waals surface area contributed by atoms with Crippen molar-refractivity contribution in [2.75, 3.05) is 5.32 Å². The largest absolute Gasteiger partial charge is 0.378 e. The topological polar surface area (TPSA) is 12.0 Å². The molecule has 0 aliphatic rings. The van der Waals surface area contributed by atoms with E-state index < -0.39 is 0 Å². The van der Waals surface area contributed by atoms with E-state index in [2.05, 4.69) is 65.4 Å². The summed E-state index contributed by atoms with van der Waals surface area (Å²) in [6.45, 7) is 4.28. The molecule has 88 valence electrons. The van der Waals surface area contributed by atoms with Crippen LogP contribution < -0.4 is 5.32 Å². The molecule has 2 aromatic rings. The van der Waals surface area contributed by atoms with Crippen molar-refractivity contribution in [1.29, 1.82) is 0 Å². The minimum absolute atomic E-state index is 0.300. The van der Waals surface area contributed by atoms with Gasteiger partial charge in [-0.1, -0.05) is 42.0 Å². The molecule has 1 atom stereocenters. The second-order valence-corrected chi connectivity index (χ2v) is 5.11. The molecule has 0 amide bonds. The van der Waals surface area contributed by atoms with Gasteiger partial charge in [-0.2, -0.15) is 0 Å². The third kappa shape index (κ3) is 3.10. The van der Waals surface area contributed by atoms with Crippen molar-refractivity contribution in [2.45, 2.75) is 19.9 Å². The maximum Gasteiger partial charge on any atom is 0.0489 e. The zero-order chi connectivity index (χ0) is 12.3. The lowest BCUT2D eigenvalue weighted by Crippen LogP contribution is -2.06. The van der Waals surface area contributed by atoms with Gasteiger partial charge in [0.05, 0.1) is 0 Å². The first kappa shape index (κ1) is 12.2. The summed E-state index contributed by atoms with van der Waals surface area (Å²) in [5.41, 5.74) is 3.72. The molecule has 0 aromatic heterocycles. The van der Waals surface area contributed by atoms with E-state index in [4.69, 9.17) is 0 Å². The Morgan fingerprint density at radius 1 is 1.00 bits per heavy atom. The van der Waals surface area contributed by atoms with Crippen LogP contribution in [0.25, 0.3) is 0 Å². The summed E-state index contributed by atoms with van der Waals surface area (Å²) in [6, 6.07) is 17.1. The molecule has 17 heavy (non-hydrogen) atoms. The van der Waals surface area contributed by atoms with Crippen molar-refractivity contribution in [3.8, 4) is 0 Å². The number of rotatable bonds is 3. The van der Waals surface area contributed by atoms with Crippen LogP contribution in [-0.4, -0.2) is 0 Å². The molecule has 0 fully saturated rings. The highest BCUT2D eigenvalue weighted by atomic mass is 79.9. The Hall–Kier alpha value is -1.28. The van der Waals surface area contributed by atoms with Crippen LogP contribution in [-0.2, 0) is 0 Å². The van der Waals surface area contributed by atoms with Crippen LogP contribution in [0.3, 0.4) is 0 Å². The number of anilines is 1. The summed E-state index contributed by atoms with van der Waals surface area (Å²) in [4.78, 5) is 0. The lowest BCUT2D eigenvalue weighted by molar-refractivity contribution is 0.883. The van der Waals surface area contributed by atoms with Crippen molar-refractivity contribution in [2.24, 2.45) is 0 Å². The number of benzene rings is 2. The van der Waals surface area contributed by atoms with Gasteiger partial charge in [-0.05, 0) is 47.5 Å². The summed E-state index contributed by atoms with van der Waals surface area (Å²) in [6.07, 6.45) is 0. The minimum Gasteiger partial charge on any atom is -0.378 e. The highest BCUT2D eigenvalue weighted by Crippen LogP contribution is 2.26. The van der Waals surface area contributed by atoms with Crippen LogP contribution in [0.5, 0.6) is 0 Å². The van der Waals surface area contributed by atoms with E-state index in [1.807, 2.05) is 18.2 Å². The van der Waals surface area contributed by atoms with Crippen molar-refractivity contribution < 1.29 is 0 Å². The van der Waals surface area contributed by atoms with Crippen molar-refractivity contribution in [3.63, 3.8) is 0 Å². The molecule has 2 rings (SSSR count). The predicted octanol–water partition coefficient (Wildman–Crippen LogP) is 4.93. The fourth-order valence-corrected chi connectivity index (χ4v) is 2.15. The Morgan fingerprint density at radius 3 is 2.29 bits per heavy atom.